The SMILES string of the molecule is COC(=O)c1cc(Cl)c(N)c(C#CC2CCCN2C(=O)OC(C)(C)C)c1. The highest BCUT2D eigenvalue weighted by atomic mass is 35.5. The van der Waals surface area contributed by atoms with Crippen LogP contribution >= 0.6 is 11.6 Å². The van der Waals surface area contributed by atoms with Crippen molar-refractivity contribution in [1.29, 1.82) is 0 Å². The van der Waals surface area contributed by atoms with Crippen LogP contribution in [0.25, 0.3) is 0 Å². The van der Waals surface area contributed by atoms with Crippen LogP contribution in [-0.4, -0.2) is 42.3 Å². The Hall–Kier alpha value is -2.39. The summed E-state index contributed by atoms with van der Waals surface area (Å²) in [6.45, 7) is 6.06. The number of rotatable bonds is 1. The van der Waals surface area contributed by atoms with Crippen LogP contribution in [0.15, 0.2) is 12.1 Å². The van der Waals surface area contributed by atoms with Gasteiger partial charge in [0.15, 0.2) is 0 Å². The molecule has 0 spiro atoms. The van der Waals surface area contributed by atoms with Gasteiger partial charge in [0.1, 0.15) is 5.60 Å². The predicted molar refractivity (Wildman–Crippen MR) is 100 cm³/mol. The smallest absolute Gasteiger partial charge is 0.411 e. The maximum atomic E-state index is 12.3. The summed E-state index contributed by atoms with van der Waals surface area (Å²) in [6, 6.07) is 2.70. The van der Waals surface area contributed by atoms with Gasteiger partial charge in [0.25, 0.3) is 0 Å². The highest BCUT2D eigenvalue weighted by Crippen LogP contribution is 2.26. The molecule has 26 heavy (non-hydrogen) atoms. The van der Waals surface area contributed by atoms with E-state index in [0.717, 1.165) is 12.8 Å². The lowest BCUT2D eigenvalue weighted by atomic mass is 10.1. The number of ether oxygens (including phenoxy) is 2. The molecule has 0 radical (unpaired) electrons. The van der Waals surface area contributed by atoms with Crippen LogP contribution in [0.2, 0.25) is 5.02 Å². The molecule has 0 aliphatic carbocycles. The molecular weight excluding hydrogens is 356 g/mol. The van der Waals surface area contributed by atoms with Crippen molar-refractivity contribution in [2.75, 3.05) is 19.4 Å². The number of esters is 1. The van der Waals surface area contributed by atoms with Crippen molar-refractivity contribution in [3.63, 3.8) is 0 Å². The first-order valence-corrected chi connectivity index (χ1v) is 8.68. The Morgan fingerprint density at radius 1 is 1.35 bits per heavy atom. The summed E-state index contributed by atoms with van der Waals surface area (Å²) < 4.78 is 10.1. The average molecular weight is 379 g/mol. The lowest BCUT2D eigenvalue weighted by molar-refractivity contribution is 0.0261. The molecule has 1 amide bonds. The third kappa shape index (κ3) is 4.83. The van der Waals surface area contributed by atoms with Gasteiger partial charge in [-0.3, -0.25) is 4.90 Å². The average Bonchev–Trinajstić information content (AvgIpc) is 3.02. The Morgan fingerprint density at radius 3 is 2.65 bits per heavy atom. The summed E-state index contributed by atoms with van der Waals surface area (Å²) in [4.78, 5) is 25.7. The highest BCUT2D eigenvalue weighted by Gasteiger charge is 2.31. The molecule has 2 rings (SSSR count). The first kappa shape index (κ1) is 19.9. The molecule has 1 saturated heterocycles. The van der Waals surface area contributed by atoms with Gasteiger partial charge in [-0.2, -0.15) is 0 Å². The molecule has 6 nitrogen and oxygen atoms in total. The molecule has 1 aliphatic heterocycles. The summed E-state index contributed by atoms with van der Waals surface area (Å²) in [5.74, 6) is 5.48. The number of amides is 1. The summed E-state index contributed by atoms with van der Waals surface area (Å²) in [7, 11) is 1.29. The van der Waals surface area contributed by atoms with E-state index in [1.54, 1.807) is 4.90 Å². The summed E-state index contributed by atoms with van der Waals surface area (Å²) in [5.41, 5.74) is 6.38. The second-order valence-corrected chi connectivity index (χ2v) is 7.42. The third-order valence-corrected chi connectivity index (χ3v) is 4.12. The van der Waals surface area contributed by atoms with Crippen LogP contribution in [0.4, 0.5) is 10.5 Å². The molecular formula is C19H23ClN2O4. The van der Waals surface area contributed by atoms with E-state index in [4.69, 9.17) is 26.8 Å². The van der Waals surface area contributed by atoms with Gasteiger partial charge in [0.05, 0.1) is 29.4 Å². The van der Waals surface area contributed by atoms with E-state index in [9.17, 15) is 9.59 Å². The van der Waals surface area contributed by atoms with Crippen molar-refractivity contribution >= 4 is 29.4 Å². The minimum atomic E-state index is -0.565. The Balaban J connectivity index is 2.26. The van der Waals surface area contributed by atoms with E-state index >= 15 is 0 Å². The van der Waals surface area contributed by atoms with E-state index in [1.165, 1.54) is 19.2 Å². The topological polar surface area (TPSA) is 81.9 Å². The maximum absolute atomic E-state index is 12.3. The van der Waals surface area contributed by atoms with Gasteiger partial charge in [-0.1, -0.05) is 23.4 Å². The molecule has 1 aromatic carbocycles. The van der Waals surface area contributed by atoms with E-state index in [1.807, 2.05) is 20.8 Å². The Bertz CT molecular complexity index is 774. The zero-order valence-corrected chi connectivity index (χ0v) is 16.1. The van der Waals surface area contributed by atoms with Gasteiger partial charge < -0.3 is 15.2 Å². The molecule has 0 aromatic heterocycles. The van der Waals surface area contributed by atoms with Gasteiger partial charge >= 0.3 is 12.1 Å². The predicted octanol–water partition coefficient (Wildman–Crippen LogP) is 3.46. The number of carbonyl (C=O) groups excluding carboxylic acids is 2. The number of benzene rings is 1. The lowest BCUT2D eigenvalue weighted by Crippen LogP contribution is -2.39. The summed E-state index contributed by atoms with van der Waals surface area (Å²) >= 11 is 6.08. The number of methoxy groups -OCH3 is 1. The first-order valence-electron chi connectivity index (χ1n) is 8.31. The Morgan fingerprint density at radius 2 is 2.04 bits per heavy atom. The normalized spacial score (nSPS) is 16.7. The fourth-order valence-electron chi connectivity index (χ4n) is 2.57. The molecule has 2 N–H and O–H groups in total. The van der Waals surface area contributed by atoms with E-state index < -0.39 is 11.6 Å². The van der Waals surface area contributed by atoms with Crippen LogP contribution in [-0.2, 0) is 9.47 Å². The van der Waals surface area contributed by atoms with Crippen LogP contribution in [0, 0.1) is 11.8 Å². The molecule has 7 heteroatoms. The fourth-order valence-corrected chi connectivity index (χ4v) is 2.79. The second-order valence-electron chi connectivity index (χ2n) is 7.01. The van der Waals surface area contributed by atoms with E-state index in [2.05, 4.69) is 11.8 Å². The monoisotopic (exact) mass is 378 g/mol. The van der Waals surface area contributed by atoms with Crippen molar-refractivity contribution in [1.82, 2.24) is 4.90 Å². The molecule has 1 aliphatic rings. The number of likely N-dealkylation sites (tertiary alicyclic amines) is 1. The van der Waals surface area contributed by atoms with Crippen LogP contribution in [0.1, 0.15) is 49.5 Å². The second kappa shape index (κ2) is 7.88. The Kier molecular flexibility index (Phi) is 6.04. The Labute approximate surface area is 158 Å². The number of hydrogen-bond acceptors (Lipinski definition) is 5. The number of hydrogen-bond donors (Lipinski definition) is 1. The van der Waals surface area contributed by atoms with E-state index in [-0.39, 0.29) is 28.4 Å². The summed E-state index contributed by atoms with van der Waals surface area (Å²) in [6.07, 6.45) is 1.21. The standard InChI is InChI=1S/C19H23ClN2O4/c1-19(2,3)26-18(24)22-9-5-6-14(22)8-7-12-10-13(17(23)25-4)11-15(20)16(12)21/h10-11,14H,5-6,9,21H2,1-4H3. The maximum Gasteiger partial charge on any atom is 0.411 e. The van der Waals surface area contributed by atoms with Gasteiger partial charge in [-0.15, -0.1) is 0 Å². The highest BCUT2D eigenvalue weighted by molar-refractivity contribution is 6.33. The van der Waals surface area contributed by atoms with Crippen molar-refractivity contribution in [2.24, 2.45) is 0 Å². The van der Waals surface area contributed by atoms with Gasteiger partial charge in [0, 0.05) is 12.1 Å². The molecule has 0 saturated carbocycles. The van der Waals surface area contributed by atoms with Crippen molar-refractivity contribution < 1.29 is 19.1 Å². The van der Waals surface area contributed by atoms with Crippen molar-refractivity contribution in [3.05, 3.63) is 28.3 Å². The number of nitrogens with zero attached hydrogens (tertiary/aromatic N) is 1. The first-order chi connectivity index (χ1) is 12.1. The minimum Gasteiger partial charge on any atom is -0.465 e. The van der Waals surface area contributed by atoms with E-state index in [0.29, 0.717) is 12.1 Å². The van der Waals surface area contributed by atoms with Crippen molar-refractivity contribution in [2.45, 2.75) is 45.3 Å². The largest absolute Gasteiger partial charge is 0.465 e. The number of carbonyl (C=O) groups is 2. The minimum absolute atomic E-state index is 0.229. The van der Waals surface area contributed by atoms with Crippen molar-refractivity contribution in [3.8, 4) is 11.8 Å². The molecule has 1 aromatic rings. The number of anilines is 1. The lowest BCUT2D eigenvalue weighted by Gasteiger charge is -2.26. The zero-order valence-electron chi connectivity index (χ0n) is 15.4. The van der Waals surface area contributed by atoms with Crippen LogP contribution in [0.3, 0.4) is 0 Å². The summed E-state index contributed by atoms with van der Waals surface area (Å²) in [5, 5.41) is 0.229. The number of halogens is 1. The number of nitrogen functional groups attached to an aromatic ring is 1. The molecule has 1 heterocycles. The molecule has 1 unspecified atom stereocenters. The van der Waals surface area contributed by atoms with Crippen LogP contribution in [0.5, 0.6) is 0 Å². The molecule has 1 atom stereocenters. The molecule has 140 valence electrons. The van der Waals surface area contributed by atoms with Gasteiger partial charge in [-0.25, -0.2) is 9.59 Å². The van der Waals surface area contributed by atoms with Crippen LogP contribution < -0.4 is 5.73 Å². The number of nitrogens with two attached hydrogens (primary N) is 1. The van der Waals surface area contributed by atoms with Gasteiger partial charge in [0.2, 0.25) is 0 Å². The third-order valence-electron chi connectivity index (χ3n) is 3.80. The molecule has 0 bridgehead atoms. The zero-order chi connectivity index (χ0) is 19.5. The fraction of sp³-hybridized carbons (Fsp3) is 0.474. The van der Waals surface area contributed by atoms with Gasteiger partial charge in [-0.05, 0) is 45.7 Å². The quantitative estimate of drug-likeness (QED) is 0.459. The molecule has 1 fully saturated rings.